The first kappa shape index (κ1) is 20.0. The molecule has 158 valence electrons. The van der Waals surface area contributed by atoms with Crippen LogP contribution in [0.25, 0.3) is 42.1 Å². The number of hydrogen-bond donors (Lipinski definition) is 0. The molecule has 0 unspecified atom stereocenters. The lowest BCUT2D eigenvalue weighted by Crippen LogP contribution is -2.41. The van der Waals surface area contributed by atoms with Gasteiger partial charge in [-0.3, -0.25) is 0 Å². The molecule has 5 aromatic rings. The number of fused-ring (bicyclic) bond motifs is 4. The van der Waals surface area contributed by atoms with Crippen molar-refractivity contribution in [3.05, 3.63) is 78.9 Å². The zero-order chi connectivity index (χ0) is 22.1. The standard InChI is InChI=1S/C28H25BO2S/c1-27(2)28(3,4)31-29(30-27)22-11-7-10-18(14-22)21-12-13-25-23(16-21)24-15-19-8-5-6-9-20(19)17-26(24)32-25/h5-17H,1-4H3. The van der Waals surface area contributed by atoms with E-state index in [4.69, 9.17) is 9.31 Å². The van der Waals surface area contributed by atoms with Gasteiger partial charge in [0.1, 0.15) is 0 Å². The van der Waals surface area contributed by atoms with E-state index < -0.39 is 0 Å². The lowest BCUT2D eigenvalue weighted by Gasteiger charge is -2.32. The molecule has 0 atom stereocenters. The van der Waals surface area contributed by atoms with Crippen LogP contribution >= 0.6 is 11.3 Å². The predicted molar refractivity (Wildman–Crippen MR) is 138 cm³/mol. The second kappa shape index (κ2) is 6.92. The second-order valence-electron chi connectivity index (χ2n) is 9.72. The van der Waals surface area contributed by atoms with Gasteiger partial charge in [-0.2, -0.15) is 0 Å². The largest absolute Gasteiger partial charge is 0.494 e. The summed E-state index contributed by atoms with van der Waals surface area (Å²) in [5.41, 5.74) is 2.76. The SMILES string of the molecule is CC1(C)OB(c2cccc(-c3ccc4sc5cc6ccccc6cc5c4c3)c2)OC1(C)C. The molecule has 1 aliphatic rings. The lowest BCUT2D eigenvalue weighted by atomic mass is 9.78. The molecule has 0 amide bonds. The van der Waals surface area contributed by atoms with Crippen LogP contribution in [0.15, 0.2) is 78.9 Å². The van der Waals surface area contributed by atoms with E-state index in [2.05, 4.69) is 107 Å². The molecule has 0 saturated carbocycles. The van der Waals surface area contributed by atoms with Crippen molar-refractivity contribution in [2.45, 2.75) is 38.9 Å². The summed E-state index contributed by atoms with van der Waals surface area (Å²) >= 11 is 1.86. The van der Waals surface area contributed by atoms with Crippen LogP contribution in [0.3, 0.4) is 0 Å². The van der Waals surface area contributed by atoms with Crippen molar-refractivity contribution >= 4 is 54.9 Å². The highest BCUT2D eigenvalue weighted by Gasteiger charge is 2.51. The Bertz CT molecular complexity index is 1480. The van der Waals surface area contributed by atoms with E-state index in [0.717, 1.165) is 5.46 Å². The van der Waals surface area contributed by atoms with Crippen molar-refractivity contribution in [2.24, 2.45) is 0 Å². The molecule has 1 saturated heterocycles. The molecule has 2 heterocycles. The van der Waals surface area contributed by atoms with Crippen molar-refractivity contribution < 1.29 is 9.31 Å². The van der Waals surface area contributed by atoms with Gasteiger partial charge in [0.2, 0.25) is 0 Å². The third-order valence-corrected chi connectivity index (χ3v) is 8.22. The highest BCUT2D eigenvalue weighted by Crippen LogP contribution is 2.39. The summed E-state index contributed by atoms with van der Waals surface area (Å²) in [6.07, 6.45) is 0. The molecule has 1 fully saturated rings. The number of hydrogen-bond acceptors (Lipinski definition) is 3. The average Bonchev–Trinajstić information content (AvgIpc) is 3.24. The fourth-order valence-electron chi connectivity index (χ4n) is 4.49. The fraction of sp³-hybridized carbons (Fsp3) is 0.214. The monoisotopic (exact) mass is 436 g/mol. The first-order valence-electron chi connectivity index (χ1n) is 11.1. The zero-order valence-corrected chi connectivity index (χ0v) is 19.6. The van der Waals surface area contributed by atoms with Crippen LogP contribution < -0.4 is 5.46 Å². The smallest absolute Gasteiger partial charge is 0.399 e. The van der Waals surface area contributed by atoms with Crippen molar-refractivity contribution in [3.8, 4) is 11.1 Å². The van der Waals surface area contributed by atoms with Gasteiger partial charge in [0, 0.05) is 20.2 Å². The van der Waals surface area contributed by atoms with Gasteiger partial charge in [-0.05, 0) is 79.3 Å². The van der Waals surface area contributed by atoms with E-state index in [-0.39, 0.29) is 18.3 Å². The summed E-state index contributed by atoms with van der Waals surface area (Å²) in [6, 6.07) is 28.6. The molecule has 4 aromatic carbocycles. The van der Waals surface area contributed by atoms with Crippen LogP contribution in [0.5, 0.6) is 0 Å². The molecule has 2 nitrogen and oxygen atoms in total. The van der Waals surface area contributed by atoms with E-state index in [1.165, 1.54) is 42.1 Å². The molecule has 0 radical (unpaired) electrons. The summed E-state index contributed by atoms with van der Waals surface area (Å²) < 4.78 is 15.2. The molecule has 0 N–H and O–H groups in total. The van der Waals surface area contributed by atoms with Crippen LogP contribution in [-0.2, 0) is 9.31 Å². The van der Waals surface area contributed by atoms with E-state index in [1.54, 1.807) is 0 Å². The van der Waals surface area contributed by atoms with Gasteiger partial charge in [-0.25, -0.2) is 0 Å². The minimum Gasteiger partial charge on any atom is -0.399 e. The molecule has 0 aliphatic carbocycles. The Labute approximate surface area is 192 Å². The van der Waals surface area contributed by atoms with Crippen molar-refractivity contribution in [1.29, 1.82) is 0 Å². The Hall–Kier alpha value is -2.66. The summed E-state index contributed by atoms with van der Waals surface area (Å²) in [4.78, 5) is 0. The first-order valence-corrected chi connectivity index (χ1v) is 11.9. The van der Waals surface area contributed by atoms with Gasteiger partial charge >= 0.3 is 7.12 Å². The van der Waals surface area contributed by atoms with Crippen molar-refractivity contribution in [1.82, 2.24) is 0 Å². The van der Waals surface area contributed by atoms with E-state index in [0.29, 0.717) is 0 Å². The van der Waals surface area contributed by atoms with Gasteiger partial charge in [0.15, 0.2) is 0 Å². The van der Waals surface area contributed by atoms with Gasteiger partial charge in [-0.1, -0.05) is 54.6 Å². The molecule has 0 spiro atoms. The predicted octanol–water partition coefficient (Wildman–Crippen LogP) is 7.17. The third kappa shape index (κ3) is 3.09. The maximum absolute atomic E-state index is 6.28. The average molecular weight is 436 g/mol. The van der Waals surface area contributed by atoms with E-state index in [1.807, 2.05) is 11.3 Å². The Morgan fingerprint density at radius 1 is 0.625 bits per heavy atom. The van der Waals surface area contributed by atoms with Gasteiger partial charge in [-0.15, -0.1) is 11.3 Å². The molecule has 1 aliphatic heterocycles. The van der Waals surface area contributed by atoms with E-state index in [9.17, 15) is 0 Å². The van der Waals surface area contributed by atoms with Crippen LogP contribution in [0.1, 0.15) is 27.7 Å². The van der Waals surface area contributed by atoms with Crippen LogP contribution in [0.2, 0.25) is 0 Å². The Morgan fingerprint density at radius 3 is 2.03 bits per heavy atom. The van der Waals surface area contributed by atoms with Crippen LogP contribution in [-0.4, -0.2) is 18.3 Å². The number of thiophene rings is 1. The van der Waals surface area contributed by atoms with Crippen LogP contribution in [0, 0.1) is 0 Å². The minimum absolute atomic E-state index is 0.342. The van der Waals surface area contributed by atoms with Gasteiger partial charge in [0.05, 0.1) is 11.2 Å². The normalized spacial score (nSPS) is 17.6. The highest BCUT2D eigenvalue weighted by atomic mass is 32.1. The maximum atomic E-state index is 6.28. The quantitative estimate of drug-likeness (QED) is 0.273. The summed E-state index contributed by atoms with van der Waals surface area (Å²) in [6.45, 7) is 8.37. The highest BCUT2D eigenvalue weighted by molar-refractivity contribution is 7.25. The first-order chi connectivity index (χ1) is 15.3. The lowest BCUT2D eigenvalue weighted by molar-refractivity contribution is 0.00578. The molecule has 1 aromatic heterocycles. The zero-order valence-electron chi connectivity index (χ0n) is 18.8. The van der Waals surface area contributed by atoms with Gasteiger partial charge < -0.3 is 9.31 Å². The third-order valence-electron chi connectivity index (χ3n) is 7.08. The Morgan fingerprint density at radius 2 is 1.28 bits per heavy atom. The Kier molecular flexibility index (Phi) is 4.32. The summed E-state index contributed by atoms with van der Waals surface area (Å²) in [7, 11) is -0.350. The summed E-state index contributed by atoms with van der Waals surface area (Å²) in [5.74, 6) is 0. The molecule has 32 heavy (non-hydrogen) atoms. The molecular weight excluding hydrogens is 411 g/mol. The van der Waals surface area contributed by atoms with Gasteiger partial charge in [0.25, 0.3) is 0 Å². The molecule has 0 bridgehead atoms. The fourth-order valence-corrected chi connectivity index (χ4v) is 5.60. The van der Waals surface area contributed by atoms with E-state index >= 15 is 0 Å². The molecular formula is C28H25BO2S. The number of benzene rings is 4. The minimum atomic E-state index is -0.350. The Balaban J connectivity index is 1.44. The van der Waals surface area contributed by atoms with Crippen LogP contribution in [0.4, 0.5) is 0 Å². The summed E-state index contributed by atoms with van der Waals surface area (Å²) in [5, 5.41) is 5.22. The van der Waals surface area contributed by atoms with Crippen molar-refractivity contribution in [2.75, 3.05) is 0 Å². The topological polar surface area (TPSA) is 18.5 Å². The molecule has 4 heteroatoms. The second-order valence-corrected chi connectivity index (χ2v) is 10.8. The molecule has 6 rings (SSSR count). The number of rotatable bonds is 2. The maximum Gasteiger partial charge on any atom is 0.494 e. The van der Waals surface area contributed by atoms with Crippen molar-refractivity contribution in [3.63, 3.8) is 0 Å².